The topological polar surface area (TPSA) is 76.6 Å². The van der Waals surface area contributed by atoms with Crippen LogP contribution in [0.1, 0.15) is 20.3 Å². The number of amides is 1. The number of aryl methyl sites for hydroxylation is 1. The van der Waals surface area contributed by atoms with Gasteiger partial charge < -0.3 is 19.9 Å². The number of aromatic nitrogens is 2. The highest BCUT2D eigenvalue weighted by Gasteiger charge is 2.23. The molecule has 130 valence electrons. The molecule has 7 heteroatoms. The van der Waals surface area contributed by atoms with Crippen molar-refractivity contribution in [2.75, 3.05) is 37.6 Å². The molecule has 0 aliphatic carbocycles. The summed E-state index contributed by atoms with van der Waals surface area (Å²) in [6.07, 6.45) is 0.365. The van der Waals surface area contributed by atoms with E-state index in [1.807, 2.05) is 12.1 Å². The van der Waals surface area contributed by atoms with E-state index in [-0.39, 0.29) is 0 Å². The van der Waals surface area contributed by atoms with Gasteiger partial charge in [-0.1, -0.05) is 13.0 Å². The Morgan fingerprint density at radius 2 is 2.00 bits per heavy atom. The minimum absolute atomic E-state index is 0.415. The number of anilines is 1. The van der Waals surface area contributed by atoms with Gasteiger partial charge in [0.1, 0.15) is 5.52 Å². The Bertz CT molecular complexity index is 719. The van der Waals surface area contributed by atoms with Crippen LogP contribution in [-0.2, 0) is 6.54 Å². The van der Waals surface area contributed by atoms with Crippen molar-refractivity contribution in [1.29, 1.82) is 0 Å². The summed E-state index contributed by atoms with van der Waals surface area (Å²) in [5.41, 5.74) is 6.81. The van der Waals surface area contributed by atoms with Crippen molar-refractivity contribution in [2.45, 2.75) is 26.8 Å². The molecule has 24 heavy (non-hydrogen) atoms. The first-order valence-corrected chi connectivity index (χ1v) is 8.57. The highest BCUT2D eigenvalue weighted by atomic mass is 16.5. The number of hydrogen-bond donors (Lipinski definition) is 1. The van der Waals surface area contributed by atoms with Gasteiger partial charge in [0.15, 0.2) is 5.75 Å². The van der Waals surface area contributed by atoms with Gasteiger partial charge in [0.05, 0.1) is 5.52 Å². The van der Waals surface area contributed by atoms with E-state index in [1.165, 1.54) is 6.42 Å². The van der Waals surface area contributed by atoms with Crippen LogP contribution in [0.25, 0.3) is 11.0 Å². The lowest BCUT2D eigenvalue weighted by Crippen LogP contribution is -2.47. The Kier molecular flexibility index (Phi) is 4.89. The number of benzene rings is 1. The first kappa shape index (κ1) is 16.6. The molecule has 0 bridgehead atoms. The Morgan fingerprint density at radius 1 is 1.25 bits per heavy atom. The van der Waals surface area contributed by atoms with Crippen LogP contribution >= 0.6 is 0 Å². The van der Waals surface area contributed by atoms with Crippen LogP contribution in [0.15, 0.2) is 18.2 Å². The zero-order chi connectivity index (χ0) is 17.1. The number of fused-ring (bicyclic) bond motifs is 1. The maximum Gasteiger partial charge on any atom is 0.410 e. The molecular weight excluding hydrogens is 306 g/mol. The quantitative estimate of drug-likeness (QED) is 0.907. The molecule has 0 saturated carbocycles. The molecule has 2 N–H and O–H groups in total. The lowest BCUT2D eigenvalue weighted by Gasteiger charge is -2.35. The van der Waals surface area contributed by atoms with Crippen LogP contribution < -0.4 is 15.4 Å². The molecule has 0 unspecified atom stereocenters. The first-order chi connectivity index (χ1) is 11.6. The number of imidazole rings is 1. The minimum atomic E-state index is -0.816. The molecule has 1 fully saturated rings. The van der Waals surface area contributed by atoms with E-state index in [2.05, 4.69) is 28.2 Å². The highest BCUT2D eigenvalue weighted by Crippen LogP contribution is 2.30. The van der Waals surface area contributed by atoms with Gasteiger partial charge in [0.2, 0.25) is 5.95 Å². The molecule has 1 aromatic heterocycles. The zero-order valence-corrected chi connectivity index (χ0v) is 14.4. The van der Waals surface area contributed by atoms with Gasteiger partial charge in [0, 0.05) is 32.7 Å². The standard InChI is InChI=1S/C17H25N5O2/c1-3-8-20-9-11-21(12-10-20)17-19-15-13(22(17)4-2)6-5-7-14(15)24-16(18)23/h5-7H,3-4,8-12H2,1-2H3,(H2,18,23). The van der Waals surface area contributed by atoms with Gasteiger partial charge in [-0.15, -0.1) is 0 Å². The molecule has 0 spiro atoms. The first-order valence-electron chi connectivity index (χ1n) is 8.57. The third-order valence-corrected chi connectivity index (χ3v) is 4.44. The summed E-state index contributed by atoms with van der Waals surface area (Å²) >= 11 is 0. The summed E-state index contributed by atoms with van der Waals surface area (Å²) in [4.78, 5) is 20.7. The Hall–Kier alpha value is -2.28. The molecule has 2 aromatic rings. The predicted octanol–water partition coefficient (Wildman–Crippen LogP) is 2.05. The normalized spacial score (nSPS) is 15.8. The number of carbonyl (C=O) groups is 1. The fourth-order valence-corrected chi connectivity index (χ4v) is 3.34. The van der Waals surface area contributed by atoms with Crippen molar-refractivity contribution in [3.05, 3.63) is 18.2 Å². The van der Waals surface area contributed by atoms with Gasteiger partial charge in [-0.25, -0.2) is 9.78 Å². The number of para-hydroxylation sites is 1. The number of primary amides is 1. The summed E-state index contributed by atoms with van der Waals surface area (Å²) in [6, 6.07) is 5.58. The number of nitrogens with zero attached hydrogens (tertiary/aromatic N) is 4. The summed E-state index contributed by atoms with van der Waals surface area (Å²) < 4.78 is 7.28. The molecule has 0 radical (unpaired) electrons. The van der Waals surface area contributed by atoms with Crippen molar-refractivity contribution < 1.29 is 9.53 Å². The molecule has 7 nitrogen and oxygen atoms in total. The lowest BCUT2D eigenvalue weighted by atomic mass is 10.3. The molecule has 1 aromatic carbocycles. The van der Waals surface area contributed by atoms with E-state index in [0.717, 1.165) is 50.7 Å². The summed E-state index contributed by atoms with van der Waals surface area (Å²) in [5, 5.41) is 0. The zero-order valence-electron chi connectivity index (χ0n) is 14.4. The van der Waals surface area contributed by atoms with E-state index >= 15 is 0 Å². The SMILES string of the molecule is CCCN1CCN(c2nc3c(OC(N)=O)cccc3n2CC)CC1. The van der Waals surface area contributed by atoms with Crippen molar-refractivity contribution in [3.8, 4) is 5.75 Å². The van der Waals surface area contributed by atoms with Crippen LogP contribution in [-0.4, -0.2) is 53.3 Å². The average molecular weight is 331 g/mol. The van der Waals surface area contributed by atoms with Crippen LogP contribution in [0, 0.1) is 0 Å². The number of rotatable bonds is 5. The third kappa shape index (κ3) is 3.17. The number of ether oxygens (including phenoxy) is 1. The Balaban J connectivity index is 1.92. The Morgan fingerprint density at radius 3 is 2.62 bits per heavy atom. The molecular formula is C17H25N5O2. The van der Waals surface area contributed by atoms with Crippen LogP contribution in [0.5, 0.6) is 5.75 Å². The highest BCUT2D eigenvalue weighted by molar-refractivity contribution is 5.87. The molecule has 1 aliphatic rings. The van der Waals surface area contributed by atoms with Gasteiger partial charge in [-0.05, 0) is 32.0 Å². The number of nitrogens with two attached hydrogens (primary N) is 1. The molecule has 0 atom stereocenters. The number of carbonyl (C=O) groups excluding carboxylic acids is 1. The van der Waals surface area contributed by atoms with Crippen LogP contribution in [0.4, 0.5) is 10.7 Å². The molecule has 1 saturated heterocycles. The second-order valence-electron chi connectivity index (χ2n) is 6.03. The van der Waals surface area contributed by atoms with E-state index in [0.29, 0.717) is 11.3 Å². The van der Waals surface area contributed by atoms with Crippen molar-refractivity contribution in [1.82, 2.24) is 14.5 Å². The second-order valence-corrected chi connectivity index (χ2v) is 6.03. The van der Waals surface area contributed by atoms with E-state index in [1.54, 1.807) is 6.07 Å². The van der Waals surface area contributed by atoms with Crippen LogP contribution in [0.2, 0.25) is 0 Å². The van der Waals surface area contributed by atoms with E-state index < -0.39 is 6.09 Å². The lowest BCUT2D eigenvalue weighted by molar-refractivity contribution is 0.211. The molecule has 3 rings (SSSR count). The maximum absolute atomic E-state index is 11.1. The summed E-state index contributed by atoms with van der Waals surface area (Å²) in [5.74, 6) is 1.35. The average Bonchev–Trinajstić information content (AvgIpc) is 2.95. The van der Waals surface area contributed by atoms with Gasteiger partial charge in [0.25, 0.3) is 0 Å². The number of hydrogen-bond acceptors (Lipinski definition) is 5. The number of piperazine rings is 1. The van der Waals surface area contributed by atoms with Gasteiger partial charge in [-0.2, -0.15) is 0 Å². The molecule has 2 heterocycles. The Labute approximate surface area is 142 Å². The van der Waals surface area contributed by atoms with Crippen molar-refractivity contribution >= 4 is 23.1 Å². The predicted molar refractivity (Wildman–Crippen MR) is 94.6 cm³/mol. The van der Waals surface area contributed by atoms with E-state index in [9.17, 15) is 4.79 Å². The van der Waals surface area contributed by atoms with Gasteiger partial charge >= 0.3 is 6.09 Å². The maximum atomic E-state index is 11.1. The third-order valence-electron chi connectivity index (χ3n) is 4.44. The van der Waals surface area contributed by atoms with Crippen LogP contribution in [0.3, 0.4) is 0 Å². The van der Waals surface area contributed by atoms with Crippen molar-refractivity contribution in [3.63, 3.8) is 0 Å². The molecule has 1 aliphatic heterocycles. The summed E-state index contributed by atoms with van der Waals surface area (Å²) in [6.45, 7) is 10.3. The second kappa shape index (κ2) is 7.09. The minimum Gasteiger partial charge on any atom is -0.408 e. The fourth-order valence-electron chi connectivity index (χ4n) is 3.34. The van der Waals surface area contributed by atoms with Gasteiger partial charge in [-0.3, -0.25) is 4.90 Å². The summed E-state index contributed by atoms with van der Waals surface area (Å²) in [7, 11) is 0. The monoisotopic (exact) mass is 331 g/mol. The smallest absolute Gasteiger partial charge is 0.408 e. The molecule has 1 amide bonds. The van der Waals surface area contributed by atoms with Crippen molar-refractivity contribution in [2.24, 2.45) is 5.73 Å². The largest absolute Gasteiger partial charge is 0.410 e. The fraction of sp³-hybridized carbons (Fsp3) is 0.529. The van der Waals surface area contributed by atoms with E-state index in [4.69, 9.17) is 15.5 Å².